The zero-order valence-corrected chi connectivity index (χ0v) is 21.2. The van der Waals surface area contributed by atoms with E-state index in [2.05, 4.69) is 115 Å². The summed E-state index contributed by atoms with van der Waals surface area (Å²) in [4.78, 5) is 0. The number of thiophene rings is 2. The van der Waals surface area contributed by atoms with Gasteiger partial charge in [0.2, 0.25) is 0 Å². The van der Waals surface area contributed by atoms with Crippen LogP contribution < -0.4 is 9.75 Å². The van der Waals surface area contributed by atoms with Gasteiger partial charge in [0.05, 0.1) is 9.40 Å². The lowest BCUT2D eigenvalue weighted by Crippen LogP contribution is -2.23. The van der Waals surface area contributed by atoms with Gasteiger partial charge in [-0.3, -0.25) is 0 Å². The minimum atomic E-state index is 0.445. The highest BCUT2D eigenvalue weighted by Crippen LogP contribution is 2.38. The van der Waals surface area contributed by atoms with Crippen molar-refractivity contribution in [2.24, 2.45) is 0 Å². The summed E-state index contributed by atoms with van der Waals surface area (Å²) in [5.74, 6) is 0.445. The average Bonchev–Trinajstić information content (AvgIpc) is 3.47. The van der Waals surface area contributed by atoms with E-state index in [0.29, 0.717) is 5.92 Å². The van der Waals surface area contributed by atoms with Crippen molar-refractivity contribution in [3.05, 3.63) is 118 Å². The molecule has 0 fully saturated rings. The molecule has 0 amide bonds. The monoisotopic (exact) mass is 494 g/mol. The molecule has 2 heterocycles. The molecule has 0 spiro atoms. The second-order valence-electron chi connectivity index (χ2n) is 9.73. The topological polar surface area (TPSA) is 0 Å². The van der Waals surface area contributed by atoms with Crippen molar-refractivity contribution >= 4 is 75.9 Å². The lowest BCUT2D eigenvalue weighted by Gasteiger charge is -2.14. The van der Waals surface area contributed by atoms with Crippen LogP contribution in [0.3, 0.4) is 0 Å². The smallest absolute Gasteiger partial charge is 0.0541 e. The highest BCUT2D eigenvalue weighted by molar-refractivity contribution is 7.32. The van der Waals surface area contributed by atoms with Crippen molar-refractivity contribution < 1.29 is 0 Å². The molecule has 5 aromatic carbocycles. The van der Waals surface area contributed by atoms with Crippen LogP contribution in [-0.2, 0) is 0 Å². The van der Waals surface area contributed by atoms with E-state index in [0.717, 1.165) is 6.42 Å². The first-order valence-electron chi connectivity index (χ1n) is 12.5. The molecule has 1 atom stereocenters. The van der Waals surface area contributed by atoms with Gasteiger partial charge in [0.25, 0.3) is 0 Å². The SMILES string of the molecule is C1=c2sc3c(sc4cc(-c5ccc6ccccc6c5)ccc43)c2=CCC1c1ccc2ccccc2c1. The first-order valence-corrected chi connectivity index (χ1v) is 14.1. The molecule has 8 rings (SSSR count). The van der Waals surface area contributed by atoms with E-state index < -0.39 is 0 Å². The standard InChI is InChI=1S/C34H22S2/c1-3-7-23-17-25(11-9-21(23)5-1)27-13-15-29-31(19-27)35-34-30-16-14-28(20-32(30)36-33(29)34)26-12-10-22-6-2-4-8-24(22)18-26/h1-13,15-20,28H,14H2. The Morgan fingerprint density at radius 1 is 0.583 bits per heavy atom. The number of hydrogen-bond acceptors (Lipinski definition) is 2. The van der Waals surface area contributed by atoms with Gasteiger partial charge < -0.3 is 0 Å². The van der Waals surface area contributed by atoms with Gasteiger partial charge in [0.15, 0.2) is 0 Å². The van der Waals surface area contributed by atoms with Gasteiger partial charge in [-0.05, 0) is 56.8 Å². The molecule has 2 heteroatoms. The molecule has 0 aliphatic heterocycles. The van der Waals surface area contributed by atoms with E-state index in [1.54, 1.807) is 0 Å². The van der Waals surface area contributed by atoms with Crippen molar-refractivity contribution in [2.45, 2.75) is 12.3 Å². The molecule has 36 heavy (non-hydrogen) atoms. The Balaban J connectivity index is 1.22. The Morgan fingerprint density at radius 2 is 1.28 bits per heavy atom. The quantitative estimate of drug-likeness (QED) is 0.225. The fourth-order valence-corrected chi connectivity index (χ4v) is 8.47. The summed E-state index contributed by atoms with van der Waals surface area (Å²) in [6.07, 6.45) is 6.05. The number of fused-ring (bicyclic) bond motifs is 7. The van der Waals surface area contributed by atoms with Crippen LogP contribution in [-0.4, -0.2) is 0 Å². The van der Waals surface area contributed by atoms with Crippen LogP contribution in [0.1, 0.15) is 17.9 Å². The fraction of sp³-hybridized carbons (Fsp3) is 0.0588. The molecular formula is C34H22S2. The Labute approximate surface area is 217 Å². The van der Waals surface area contributed by atoms with Crippen LogP contribution in [0.4, 0.5) is 0 Å². The predicted octanol–water partition coefficient (Wildman–Crippen LogP) is 8.84. The van der Waals surface area contributed by atoms with Gasteiger partial charge in [-0.1, -0.05) is 103 Å². The predicted molar refractivity (Wildman–Crippen MR) is 160 cm³/mol. The molecule has 2 aromatic heterocycles. The average molecular weight is 495 g/mol. The molecule has 7 aromatic rings. The normalized spacial score (nSPS) is 15.3. The summed E-state index contributed by atoms with van der Waals surface area (Å²) < 4.78 is 5.71. The van der Waals surface area contributed by atoms with E-state index >= 15 is 0 Å². The first kappa shape index (κ1) is 20.5. The number of rotatable bonds is 2. The summed E-state index contributed by atoms with van der Waals surface area (Å²) in [6, 6.07) is 38.0. The number of benzene rings is 5. The Bertz CT molecular complexity index is 2090. The fourth-order valence-electron chi connectivity index (χ4n) is 5.66. The third-order valence-corrected chi connectivity index (χ3v) is 10.1. The highest BCUT2D eigenvalue weighted by atomic mass is 32.1. The molecule has 0 radical (unpaired) electrons. The zero-order chi connectivity index (χ0) is 23.6. The van der Waals surface area contributed by atoms with Crippen molar-refractivity contribution in [1.82, 2.24) is 0 Å². The third-order valence-electron chi connectivity index (χ3n) is 7.58. The molecule has 1 aliphatic carbocycles. The molecule has 0 nitrogen and oxygen atoms in total. The second kappa shape index (κ2) is 7.89. The summed E-state index contributed by atoms with van der Waals surface area (Å²) in [7, 11) is 0. The van der Waals surface area contributed by atoms with Gasteiger partial charge in [-0.25, -0.2) is 0 Å². The number of hydrogen-bond donors (Lipinski definition) is 0. The summed E-state index contributed by atoms with van der Waals surface area (Å²) in [5, 5.41) is 8.06. The van der Waals surface area contributed by atoms with E-state index in [4.69, 9.17) is 0 Å². The summed E-state index contributed by atoms with van der Waals surface area (Å²) >= 11 is 3.92. The van der Waals surface area contributed by atoms with Crippen molar-refractivity contribution in [3.8, 4) is 11.1 Å². The van der Waals surface area contributed by atoms with Gasteiger partial charge in [-0.15, -0.1) is 22.7 Å². The maximum Gasteiger partial charge on any atom is 0.0541 e. The molecule has 0 N–H and O–H groups in total. The van der Waals surface area contributed by atoms with Crippen LogP contribution in [0.5, 0.6) is 0 Å². The molecule has 0 bridgehead atoms. The lowest BCUT2D eigenvalue weighted by atomic mass is 9.91. The second-order valence-corrected chi connectivity index (χ2v) is 11.8. The van der Waals surface area contributed by atoms with Crippen LogP contribution >= 0.6 is 22.7 Å². The van der Waals surface area contributed by atoms with Crippen LogP contribution in [0.2, 0.25) is 0 Å². The van der Waals surface area contributed by atoms with Crippen molar-refractivity contribution in [2.75, 3.05) is 0 Å². The van der Waals surface area contributed by atoms with Gasteiger partial charge in [0.1, 0.15) is 0 Å². The zero-order valence-electron chi connectivity index (χ0n) is 19.6. The van der Waals surface area contributed by atoms with Gasteiger partial charge >= 0.3 is 0 Å². The van der Waals surface area contributed by atoms with E-state index in [9.17, 15) is 0 Å². The minimum Gasteiger partial charge on any atom is -0.134 e. The van der Waals surface area contributed by atoms with E-state index in [1.807, 2.05) is 22.7 Å². The molecule has 0 saturated carbocycles. The van der Waals surface area contributed by atoms with Crippen LogP contribution in [0.15, 0.2) is 103 Å². The van der Waals surface area contributed by atoms with Gasteiger partial charge in [0, 0.05) is 25.8 Å². The Morgan fingerprint density at radius 3 is 2.11 bits per heavy atom. The van der Waals surface area contributed by atoms with Crippen molar-refractivity contribution in [3.63, 3.8) is 0 Å². The maximum atomic E-state index is 2.51. The van der Waals surface area contributed by atoms with Crippen LogP contribution in [0.25, 0.3) is 64.3 Å². The van der Waals surface area contributed by atoms with E-state index in [-0.39, 0.29) is 0 Å². The Hall–Kier alpha value is -3.72. The largest absolute Gasteiger partial charge is 0.134 e. The molecule has 0 saturated heterocycles. The highest BCUT2D eigenvalue weighted by Gasteiger charge is 2.17. The third kappa shape index (κ3) is 3.19. The molecular weight excluding hydrogens is 473 g/mol. The molecule has 170 valence electrons. The maximum absolute atomic E-state index is 2.51. The van der Waals surface area contributed by atoms with E-state index in [1.165, 1.54) is 67.5 Å². The summed E-state index contributed by atoms with van der Waals surface area (Å²) in [6.45, 7) is 0. The summed E-state index contributed by atoms with van der Waals surface area (Å²) in [5.41, 5.74) is 3.99. The van der Waals surface area contributed by atoms with Gasteiger partial charge in [-0.2, -0.15) is 0 Å². The van der Waals surface area contributed by atoms with Crippen LogP contribution in [0, 0.1) is 0 Å². The minimum absolute atomic E-state index is 0.445. The van der Waals surface area contributed by atoms with Crippen molar-refractivity contribution in [1.29, 1.82) is 0 Å². The lowest BCUT2D eigenvalue weighted by molar-refractivity contribution is 0.929. The molecule has 1 aliphatic rings. The first-order chi connectivity index (χ1) is 17.8. The Kier molecular flexibility index (Phi) is 4.49. The molecule has 1 unspecified atom stereocenters.